The highest BCUT2D eigenvalue weighted by atomic mass is 35.5. The second-order valence-corrected chi connectivity index (χ2v) is 5.66. The van der Waals surface area contributed by atoms with Crippen LogP contribution >= 0.6 is 24.0 Å². The van der Waals surface area contributed by atoms with E-state index in [9.17, 15) is 4.39 Å². The van der Waals surface area contributed by atoms with E-state index < -0.39 is 5.82 Å². The number of nitrogens with one attached hydrogen (secondary N) is 1. The van der Waals surface area contributed by atoms with E-state index in [0.717, 1.165) is 24.3 Å². The van der Waals surface area contributed by atoms with Crippen LogP contribution in [0, 0.1) is 11.7 Å². The van der Waals surface area contributed by atoms with Crippen LogP contribution in [0.3, 0.4) is 0 Å². The summed E-state index contributed by atoms with van der Waals surface area (Å²) in [6, 6.07) is 8.39. The predicted octanol–water partition coefficient (Wildman–Crippen LogP) is 5.30. The monoisotopic (exact) mass is 331 g/mol. The Morgan fingerprint density at radius 2 is 2.00 bits per heavy atom. The number of hydrogen-bond donors (Lipinski definition) is 1. The summed E-state index contributed by atoms with van der Waals surface area (Å²) >= 11 is 5.77. The van der Waals surface area contributed by atoms with Gasteiger partial charge in [-0.25, -0.2) is 4.39 Å². The van der Waals surface area contributed by atoms with Crippen LogP contribution in [-0.2, 0) is 6.54 Å². The van der Waals surface area contributed by atoms with Crippen molar-refractivity contribution in [2.75, 3.05) is 6.54 Å². The first-order valence-corrected chi connectivity index (χ1v) is 7.19. The molecule has 0 aliphatic heterocycles. The molecule has 1 N–H and O–H groups in total. The van der Waals surface area contributed by atoms with Gasteiger partial charge in [0.1, 0.15) is 17.3 Å². The Bertz CT molecular complexity index is 569. The van der Waals surface area contributed by atoms with Crippen molar-refractivity contribution in [3.05, 3.63) is 46.9 Å². The van der Waals surface area contributed by atoms with Gasteiger partial charge in [-0.05, 0) is 49.2 Å². The van der Waals surface area contributed by atoms with Gasteiger partial charge in [-0.1, -0.05) is 25.4 Å². The van der Waals surface area contributed by atoms with Crippen LogP contribution in [0.2, 0.25) is 5.02 Å². The van der Waals surface area contributed by atoms with Crippen LogP contribution in [0.4, 0.5) is 4.39 Å². The second kappa shape index (κ2) is 8.42. The summed E-state index contributed by atoms with van der Waals surface area (Å²) in [6.07, 6.45) is 1.14. The van der Waals surface area contributed by atoms with Gasteiger partial charge in [-0.3, -0.25) is 0 Å². The van der Waals surface area contributed by atoms with E-state index in [-0.39, 0.29) is 17.4 Å². The van der Waals surface area contributed by atoms with E-state index in [1.807, 2.05) is 12.1 Å². The zero-order chi connectivity index (χ0) is 14.5. The lowest BCUT2D eigenvalue weighted by Gasteiger charge is -2.05. The number of rotatable bonds is 6. The molecule has 0 saturated heterocycles. The highest BCUT2D eigenvalue weighted by molar-refractivity contribution is 6.31. The van der Waals surface area contributed by atoms with E-state index in [4.69, 9.17) is 16.0 Å². The average molecular weight is 332 g/mol. The van der Waals surface area contributed by atoms with Crippen LogP contribution in [-0.4, -0.2) is 6.54 Å². The van der Waals surface area contributed by atoms with Gasteiger partial charge in [-0.2, -0.15) is 0 Å². The van der Waals surface area contributed by atoms with Crippen molar-refractivity contribution in [3.8, 4) is 11.3 Å². The molecular formula is C16H20Cl2FNO. The minimum atomic E-state index is -0.419. The van der Waals surface area contributed by atoms with Crippen molar-refractivity contribution in [3.63, 3.8) is 0 Å². The number of benzene rings is 1. The third kappa shape index (κ3) is 5.34. The standard InChI is InChI=1S/C16H19ClFNO.ClH/c1-11(2)7-8-19-10-13-4-6-16(20-13)12-3-5-15(18)14(17)9-12;/h3-6,9,11,19H,7-8,10H2,1-2H3;1H. The van der Waals surface area contributed by atoms with Crippen molar-refractivity contribution in [2.24, 2.45) is 5.92 Å². The quantitative estimate of drug-likeness (QED) is 0.727. The number of furan rings is 1. The molecule has 116 valence electrons. The molecule has 0 bridgehead atoms. The summed E-state index contributed by atoms with van der Waals surface area (Å²) in [4.78, 5) is 0. The molecule has 0 unspecified atom stereocenters. The Labute approximate surface area is 136 Å². The summed E-state index contributed by atoms with van der Waals surface area (Å²) in [6.45, 7) is 6.06. The summed E-state index contributed by atoms with van der Waals surface area (Å²) in [7, 11) is 0. The van der Waals surface area contributed by atoms with Gasteiger partial charge in [0.05, 0.1) is 11.6 Å². The Balaban J connectivity index is 0.00000220. The van der Waals surface area contributed by atoms with Crippen LogP contribution < -0.4 is 5.32 Å². The normalized spacial score (nSPS) is 10.7. The zero-order valence-electron chi connectivity index (χ0n) is 12.2. The minimum absolute atomic E-state index is 0. The molecule has 2 aromatic rings. The SMILES string of the molecule is CC(C)CCNCc1ccc(-c2ccc(F)c(Cl)c2)o1.Cl. The molecule has 1 aromatic heterocycles. The lowest BCUT2D eigenvalue weighted by molar-refractivity contribution is 0.474. The van der Waals surface area contributed by atoms with E-state index in [2.05, 4.69) is 19.2 Å². The lowest BCUT2D eigenvalue weighted by Crippen LogP contribution is -2.15. The molecule has 0 spiro atoms. The Morgan fingerprint density at radius 1 is 1.24 bits per heavy atom. The fraction of sp³-hybridized carbons (Fsp3) is 0.375. The fourth-order valence-corrected chi connectivity index (χ4v) is 2.06. The minimum Gasteiger partial charge on any atom is -0.460 e. The molecule has 1 aromatic carbocycles. The van der Waals surface area contributed by atoms with Gasteiger partial charge < -0.3 is 9.73 Å². The van der Waals surface area contributed by atoms with Crippen molar-refractivity contribution in [1.29, 1.82) is 0 Å². The summed E-state index contributed by atoms with van der Waals surface area (Å²) in [5.41, 5.74) is 0.782. The molecule has 5 heteroatoms. The number of hydrogen-bond acceptors (Lipinski definition) is 2. The smallest absolute Gasteiger partial charge is 0.141 e. The van der Waals surface area contributed by atoms with Gasteiger partial charge in [0, 0.05) is 5.56 Å². The zero-order valence-corrected chi connectivity index (χ0v) is 13.7. The van der Waals surface area contributed by atoms with E-state index in [1.165, 1.54) is 6.07 Å². The topological polar surface area (TPSA) is 25.2 Å². The summed E-state index contributed by atoms with van der Waals surface area (Å²) < 4.78 is 18.8. The molecule has 0 aliphatic carbocycles. The van der Waals surface area contributed by atoms with Crippen LogP contribution in [0.5, 0.6) is 0 Å². The molecule has 0 radical (unpaired) electrons. The molecule has 0 saturated carbocycles. The van der Waals surface area contributed by atoms with Gasteiger partial charge >= 0.3 is 0 Å². The van der Waals surface area contributed by atoms with Gasteiger partial charge in [-0.15, -0.1) is 12.4 Å². The van der Waals surface area contributed by atoms with Crippen molar-refractivity contribution < 1.29 is 8.81 Å². The van der Waals surface area contributed by atoms with Crippen LogP contribution in [0.1, 0.15) is 26.0 Å². The Hall–Kier alpha value is -1.03. The second-order valence-electron chi connectivity index (χ2n) is 5.25. The van der Waals surface area contributed by atoms with E-state index in [0.29, 0.717) is 18.2 Å². The highest BCUT2D eigenvalue weighted by Gasteiger charge is 2.07. The van der Waals surface area contributed by atoms with Gasteiger partial charge in [0.2, 0.25) is 0 Å². The Morgan fingerprint density at radius 3 is 2.67 bits per heavy atom. The summed E-state index contributed by atoms with van der Waals surface area (Å²) in [5, 5.41) is 3.45. The maximum atomic E-state index is 13.1. The molecule has 2 rings (SSSR count). The molecule has 1 heterocycles. The fourth-order valence-electron chi connectivity index (χ4n) is 1.88. The molecule has 0 atom stereocenters. The number of halogens is 3. The maximum absolute atomic E-state index is 13.1. The maximum Gasteiger partial charge on any atom is 0.141 e. The first-order chi connectivity index (χ1) is 9.56. The third-order valence-corrected chi connectivity index (χ3v) is 3.35. The molecular weight excluding hydrogens is 312 g/mol. The predicted molar refractivity (Wildman–Crippen MR) is 87.5 cm³/mol. The van der Waals surface area contributed by atoms with E-state index in [1.54, 1.807) is 12.1 Å². The molecule has 0 amide bonds. The van der Waals surface area contributed by atoms with Crippen molar-refractivity contribution in [1.82, 2.24) is 5.32 Å². The van der Waals surface area contributed by atoms with Crippen molar-refractivity contribution in [2.45, 2.75) is 26.8 Å². The van der Waals surface area contributed by atoms with Crippen molar-refractivity contribution >= 4 is 24.0 Å². The van der Waals surface area contributed by atoms with Crippen LogP contribution in [0.15, 0.2) is 34.7 Å². The molecule has 0 aliphatic rings. The summed E-state index contributed by atoms with van der Waals surface area (Å²) in [5.74, 6) is 1.84. The lowest BCUT2D eigenvalue weighted by atomic mass is 10.1. The first-order valence-electron chi connectivity index (χ1n) is 6.81. The van der Waals surface area contributed by atoms with Gasteiger partial charge in [0.15, 0.2) is 0 Å². The molecule has 0 fully saturated rings. The highest BCUT2D eigenvalue weighted by Crippen LogP contribution is 2.26. The average Bonchev–Trinajstić information content (AvgIpc) is 2.86. The third-order valence-electron chi connectivity index (χ3n) is 3.06. The molecule has 2 nitrogen and oxygen atoms in total. The molecule has 21 heavy (non-hydrogen) atoms. The largest absolute Gasteiger partial charge is 0.460 e. The first kappa shape index (κ1) is 18.0. The van der Waals surface area contributed by atoms with Gasteiger partial charge in [0.25, 0.3) is 0 Å². The van der Waals surface area contributed by atoms with E-state index >= 15 is 0 Å². The van der Waals surface area contributed by atoms with Crippen LogP contribution in [0.25, 0.3) is 11.3 Å². The Kier molecular flexibility index (Phi) is 7.23.